The van der Waals surface area contributed by atoms with Gasteiger partial charge in [-0.3, -0.25) is 14.5 Å². The number of hydrogen-bond acceptors (Lipinski definition) is 3. The lowest BCUT2D eigenvalue weighted by molar-refractivity contribution is -0.119. The molecular weight excluding hydrogens is 396 g/mol. The van der Waals surface area contributed by atoms with E-state index in [4.69, 9.17) is 0 Å². The summed E-state index contributed by atoms with van der Waals surface area (Å²) in [5.41, 5.74) is 0.510. The van der Waals surface area contributed by atoms with Gasteiger partial charge in [-0.1, -0.05) is 12.1 Å². The van der Waals surface area contributed by atoms with Crippen molar-refractivity contribution in [2.24, 2.45) is 0 Å². The second-order valence-electron chi connectivity index (χ2n) is 5.37. The van der Waals surface area contributed by atoms with Gasteiger partial charge < -0.3 is 10.6 Å². The summed E-state index contributed by atoms with van der Waals surface area (Å²) in [4.78, 5) is 25.4. The van der Waals surface area contributed by atoms with Gasteiger partial charge in [-0.05, 0) is 47.2 Å². The lowest BCUT2D eigenvalue weighted by Crippen LogP contribution is -2.36. The van der Waals surface area contributed by atoms with Gasteiger partial charge in [0.05, 0.1) is 24.5 Å². The molecule has 2 N–H and O–H groups in total. The first kappa shape index (κ1) is 19.0. The van der Waals surface area contributed by atoms with Crippen LogP contribution < -0.4 is 10.6 Å². The Morgan fingerprint density at radius 3 is 2.20 bits per heavy atom. The molecule has 2 aromatic rings. The fraction of sp³-hybridized carbons (Fsp3) is 0.176. The number of rotatable bonds is 6. The number of carbonyl (C=O) groups excluding carboxylic acids is 2. The monoisotopic (exact) mass is 411 g/mol. The molecule has 132 valence electrons. The quantitative estimate of drug-likeness (QED) is 0.766. The predicted octanol–water partition coefficient (Wildman–Crippen LogP) is 3.24. The molecule has 0 aliphatic rings. The van der Waals surface area contributed by atoms with Crippen LogP contribution in [0.1, 0.15) is 0 Å². The van der Waals surface area contributed by atoms with Crippen molar-refractivity contribution in [2.75, 3.05) is 30.8 Å². The maximum atomic E-state index is 13.5. The fourth-order valence-corrected chi connectivity index (χ4v) is 2.46. The second kappa shape index (κ2) is 8.68. The Balaban J connectivity index is 1.84. The maximum Gasteiger partial charge on any atom is 0.238 e. The van der Waals surface area contributed by atoms with E-state index in [0.29, 0.717) is 11.8 Å². The van der Waals surface area contributed by atoms with Crippen molar-refractivity contribution in [3.05, 3.63) is 58.6 Å². The van der Waals surface area contributed by atoms with E-state index >= 15 is 0 Å². The average Bonchev–Trinajstić information content (AvgIpc) is 2.52. The van der Waals surface area contributed by atoms with Gasteiger partial charge in [0, 0.05) is 10.5 Å². The van der Waals surface area contributed by atoms with Crippen LogP contribution in [0.4, 0.5) is 20.2 Å². The SMILES string of the molecule is CN(CC(=O)Nc1ccc(F)cc1F)CC(=O)Nc1ccccc1Br. The number of anilines is 2. The van der Waals surface area contributed by atoms with Gasteiger partial charge in [-0.2, -0.15) is 0 Å². The van der Waals surface area contributed by atoms with E-state index in [1.807, 2.05) is 6.07 Å². The van der Waals surface area contributed by atoms with Crippen LogP contribution in [0.5, 0.6) is 0 Å². The summed E-state index contributed by atoms with van der Waals surface area (Å²) in [5.74, 6) is -2.39. The van der Waals surface area contributed by atoms with Crippen molar-refractivity contribution >= 4 is 39.1 Å². The van der Waals surface area contributed by atoms with Crippen molar-refractivity contribution in [1.29, 1.82) is 0 Å². The molecule has 0 fully saturated rings. The largest absolute Gasteiger partial charge is 0.324 e. The summed E-state index contributed by atoms with van der Waals surface area (Å²) in [6.45, 7) is -0.152. The molecule has 0 atom stereocenters. The molecule has 0 heterocycles. The molecule has 0 aliphatic heterocycles. The van der Waals surface area contributed by atoms with Crippen LogP contribution in [0.3, 0.4) is 0 Å². The highest BCUT2D eigenvalue weighted by Gasteiger charge is 2.13. The van der Waals surface area contributed by atoms with Crippen LogP contribution in [0.2, 0.25) is 0 Å². The van der Waals surface area contributed by atoms with E-state index in [1.165, 1.54) is 4.90 Å². The number of nitrogens with zero attached hydrogens (tertiary/aromatic N) is 1. The van der Waals surface area contributed by atoms with Crippen LogP contribution in [0.15, 0.2) is 46.9 Å². The topological polar surface area (TPSA) is 61.4 Å². The molecule has 8 heteroatoms. The Morgan fingerprint density at radius 1 is 1.00 bits per heavy atom. The van der Waals surface area contributed by atoms with Crippen LogP contribution in [0, 0.1) is 11.6 Å². The van der Waals surface area contributed by atoms with Gasteiger partial charge in [0.15, 0.2) is 0 Å². The number of likely N-dealkylation sites (N-methyl/N-ethyl adjacent to an activating group) is 1. The van der Waals surface area contributed by atoms with Gasteiger partial charge in [0.25, 0.3) is 0 Å². The number of amides is 2. The molecule has 25 heavy (non-hydrogen) atoms. The van der Waals surface area contributed by atoms with Crippen LogP contribution in [-0.4, -0.2) is 36.9 Å². The molecule has 2 amide bonds. The molecule has 0 bridgehead atoms. The van der Waals surface area contributed by atoms with E-state index in [0.717, 1.165) is 16.6 Å². The summed E-state index contributed by atoms with van der Waals surface area (Å²) in [7, 11) is 1.58. The Bertz CT molecular complexity index is 786. The van der Waals surface area contributed by atoms with Gasteiger partial charge >= 0.3 is 0 Å². The third-order valence-corrected chi connectivity index (χ3v) is 3.87. The first-order chi connectivity index (χ1) is 11.8. The van der Waals surface area contributed by atoms with E-state index < -0.39 is 17.5 Å². The van der Waals surface area contributed by atoms with Crippen molar-refractivity contribution in [3.63, 3.8) is 0 Å². The number of carbonyl (C=O) groups is 2. The van der Waals surface area contributed by atoms with Crippen LogP contribution in [-0.2, 0) is 9.59 Å². The van der Waals surface area contributed by atoms with Crippen LogP contribution in [0.25, 0.3) is 0 Å². The second-order valence-corrected chi connectivity index (χ2v) is 6.23. The standard InChI is InChI=1S/C17H16BrF2N3O2/c1-23(9-16(24)21-14-5-3-2-4-12(14)18)10-17(25)22-15-7-6-11(19)8-13(15)20/h2-8H,9-10H2,1H3,(H,21,24)(H,22,25). The lowest BCUT2D eigenvalue weighted by atomic mass is 10.3. The Hall–Kier alpha value is -2.32. The summed E-state index contributed by atoms with van der Waals surface area (Å²) >= 11 is 3.33. The summed E-state index contributed by atoms with van der Waals surface area (Å²) in [5, 5.41) is 5.06. The van der Waals surface area contributed by atoms with Gasteiger partial charge in [-0.25, -0.2) is 8.78 Å². The molecule has 2 aromatic carbocycles. The highest BCUT2D eigenvalue weighted by molar-refractivity contribution is 9.10. The van der Waals surface area contributed by atoms with Crippen molar-refractivity contribution in [2.45, 2.75) is 0 Å². The van der Waals surface area contributed by atoms with E-state index in [2.05, 4.69) is 26.6 Å². The smallest absolute Gasteiger partial charge is 0.238 e. The average molecular weight is 412 g/mol. The molecule has 5 nitrogen and oxygen atoms in total. The molecule has 0 unspecified atom stereocenters. The minimum Gasteiger partial charge on any atom is -0.324 e. The summed E-state index contributed by atoms with van der Waals surface area (Å²) < 4.78 is 27.1. The van der Waals surface area contributed by atoms with Crippen molar-refractivity contribution < 1.29 is 18.4 Å². The summed E-state index contributed by atoms with van der Waals surface area (Å²) in [6.07, 6.45) is 0. The minimum atomic E-state index is -0.859. The maximum absolute atomic E-state index is 13.5. The third kappa shape index (κ3) is 5.91. The fourth-order valence-electron chi connectivity index (χ4n) is 2.08. The highest BCUT2D eigenvalue weighted by atomic mass is 79.9. The summed E-state index contributed by atoms with van der Waals surface area (Å²) in [6, 6.07) is 10.0. The van der Waals surface area contributed by atoms with E-state index in [-0.39, 0.29) is 24.7 Å². The molecule has 0 radical (unpaired) electrons. The van der Waals surface area contributed by atoms with Crippen molar-refractivity contribution in [1.82, 2.24) is 4.90 Å². The Kier molecular flexibility index (Phi) is 6.60. The van der Waals surface area contributed by atoms with Gasteiger partial charge in [-0.15, -0.1) is 0 Å². The molecule has 2 rings (SSSR count). The number of benzene rings is 2. The molecule has 0 spiro atoms. The third-order valence-electron chi connectivity index (χ3n) is 3.18. The number of nitrogens with one attached hydrogen (secondary N) is 2. The van der Waals surface area contributed by atoms with Gasteiger partial charge in [0.2, 0.25) is 11.8 Å². The molecular formula is C17H16BrF2N3O2. The first-order valence-corrected chi connectivity index (χ1v) is 8.12. The first-order valence-electron chi connectivity index (χ1n) is 7.33. The normalized spacial score (nSPS) is 10.6. The highest BCUT2D eigenvalue weighted by Crippen LogP contribution is 2.21. The Morgan fingerprint density at radius 2 is 1.60 bits per heavy atom. The lowest BCUT2D eigenvalue weighted by Gasteiger charge is -2.16. The molecule has 0 aliphatic carbocycles. The Labute approximate surface area is 152 Å². The molecule has 0 saturated carbocycles. The van der Waals surface area contributed by atoms with E-state index in [1.54, 1.807) is 25.2 Å². The zero-order valence-electron chi connectivity index (χ0n) is 13.4. The van der Waals surface area contributed by atoms with E-state index in [9.17, 15) is 18.4 Å². The minimum absolute atomic E-state index is 0.0271. The van der Waals surface area contributed by atoms with Gasteiger partial charge in [0.1, 0.15) is 11.6 Å². The predicted molar refractivity (Wildman–Crippen MR) is 95.3 cm³/mol. The van der Waals surface area contributed by atoms with Crippen molar-refractivity contribution in [3.8, 4) is 0 Å². The zero-order chi connectivity index (χ0) is 18.4. The number of halogens is 3. The number of para-hydroxylation sites is 1. The molecule has 0 saturated heterocycles. The zero-order valence-corrected chi connectivity index (χ0v) is 14.9. The number of hydrogen-bond donors (Lipinski definition) is 2. The molecule has 0 aromatic heterocycles. The van der Waals surface area contributed by atoms with Crippen LogP contribution >= 0.6 is 15.9 Å².